The third kappa shape index (κ3) is 3.58. The van der Waals surface area contributed by atoms with Crippen molar-refractivity contribution < 1.29 is 0 Å². The number of anilines is 2. The highest BCUT2D eigenvalue weighted by molar-refractivity contribution is 5.58. The molecule has 1 aliphatic carbocycles. The maximum atomic E-state index is 4.74. The Kier molecular flexibility index (Phi) is 4.61. The standard InChI is InChI=1S/C15H26N4/c1-5-7-10(3)17-14-11(4)13(16-6-2)18-15(19-14)12-8-9-12/h10,12H,5-9H2,1-4H3,(H2,16,17,18,19). The lowest BCUT2D eigenvalue weighted by atomic mass is 10.2. The molecule has 0 radical (unpaired) electrons. The molecule has 4 heteroatoms. The summed E-state index contributed by atoms with van der Waals surface area (Å²) >= 11 is 0. The van der Waals surface area contributed by atoms with E-state index in [4.69, 9.17) is 4.98 Å². The van der Waals surface area contributed by atoms with Crippen LogP contribution in [0.5, 0.6) is 0 Å². The van der Waals surface area contributed by atoms with Crippen molar-refractivity contribution >= 4 is 11.6 Å². The van der Waals surface area contributed by atoms with Gasteiger partial charge in [-0.3, -0.25) is 0 Å². The summed E-state index contributed by atoms with van der Waals surface area (Å²) in [5.74, 6) is 3.59. The second-order valence-corrected chi connectivity index (χ2v) is 5.54. The SMILES string of the molecule is CCCC(C)Nc1nc(C2CC2)nc(NCC)c1C. The number of hydrogen-bond donors (Lipinski definition) is 2. The number of nitrogens with one attached hydrogen (secondary N) is 2. The first-order valence-corrected chi connectivity index (χ1v) is 7.54. The summed E-state index contributed by atoms with van der Waals surface area (Å²) in [7, 11) is 0. The third-order valence-electron chi connectivity index (χ3n) is 3.55. The minimum absolute atomic E-state index is 0.458. The Hall–Kier alpha value is -1.32. The molecule has 0 saturated heterocycles. The molecule has 1 heterocycles. The van der Waals surface area contributed by atoms with Crippen LogP contribution < -0.4 is 10.6 Å². The number of aromatic nitrogens is 2. The summed E-state index contributed by atoms with van der Waals surface area (Å²) in [6, 6.07) is 0.458. The molecule has 1 fully saturated rings. The lowest BCUT2D eigenvalue weighted by Gasteiger charge is -2.18. The van der Waals surface area contributed by atoms with Crippen LogP contribution in [0.4, 0.5) is 11.6 Å². The first kappa shape index (κ1) is 14.1. The molecular weight excluding hydrogens is 236 g/mol. The maximum absolute atomic E-state index is 4.74. The van der Waals surface area contributed by atoms with E-state index < -0.39 is 0 Å². The van der Waals surface area contributed by atoms with E-state index in [-0.39, 0.29) is 0 Å². The average molecular weight is 262 g/mol. The van der Waals surface area contributed by atoms with Crippen LogP contribution in [-0.2, 0) is 0 Å². The zero-order valence-corrected chi connectivity index (χ0v) is 12.6. The lowest BCUT2D eigenvalue weighted by Crippen LogP contribution is -2.18. The normalized spacial score (nSPS) is 16.2. The average Bonchev–Trinajstić information content (AvgIpc) is 3.18. The first-order valence-electron chi connectivity index (χ1n) is 7.54. The smallest absolute Gasteiger partial charge is 0.136 e. The van der Waals surface area contributed by atoms with Crippen LogP contribution in [0.2, 0.25) is 0 Å². The highest BCUT2D eigenvalue weighted by Crippen LogP contribution is 2.39. The molecular formula is C15H26N4. The Morgan fingerprint density at radius 2 is 1.89 bits per heavy atom. The van der Waals surface area contributed by atoms with Gasteiger partial charge in [-0.05, 0) is 40.0 Å². The molecule has 4 nitrogen and oxygen atoms in total. The van der Waals surface area contributed by atoms with Gasteiger partial charge in [-0.2, -0.15) is 0 Å². The van der Waals surface area contributed by atoms with Crippen molar-refractivity contribution in [3.8, 4) is 0 Å². The second-order valence-electron chi connectivity index (χ2n) is 5.54. The summed E-state index contributed by atoms with van der Waals surface area (Å²) in [6.45, 7) is 9.52. The Morgan fingerprint density at radius 1 is 1.21 bits per heavy atom. The summed E-state index contributed by atoms with van der Waals surface area (Å²) in [6.07, 6.45) is 4.82. The van der Waals surface area contributed by atoms with E-state index >= 15 is 0 Å². The fraction of sp³-hybridized carbons (Fsp3) is 0.733. The molecule has 106 valence electrons. The number of rotatable bonds is 7. The fourth-order valence-electron chi connectivity index (χ4n) is 2.28. The van der Waals surface area contributed by atoms with Gasteiger partial charge < -0.3 is 10.6 Å². The van der Waals surface area contributed by atoms with Crippen molar-refractivity contribution in [3.63, 3.8) is 0 Å². The van der Waals surface area contributed by atoms with Crippen LogP contribution in [-0.4, -0.2) is 22.6 Å². The third-order valence-corrected chi connectivity index (χ3v) is 3.55. The Morgan fingerprint density at radius 3 is 2.47 bits per heavy atom. The van der Waals surface area contributed by atoms with Gasteiger partial charge >= 0.3 is 0 Å². The maximum Gasteiger partial charge on any atom is 0.136 e. The fourth-order valence-corrected chi connectivity index (χ4v) is 2.28. The Labute approximate surface area is 116 Å². The molecule has 0 aliphatic heterocycles. The zero-order chi connectivity index (χ0) is 13.8. The molecule has 1 aromatic rings. The van der Waals surface area contributed by atoms with Gasteiger partial charge in [0.2, 0.25) is 0 Å². The molecule has 1 saturated carbocycles. The number of nitrogens with zero attached hydrogens (tertiary/aromatic N) is 2. The van der Waals surface area contributed by atoms with Crippen LogP contribution in [0.15, 0.2) is 0 Å². The summed E-state index contributed by atoms with van der Waals surface area (Å²) in [4.78, 5) is 9.41. The first-order chi connectivity index (χ1) is 9.15. The highest BCUT2D eigenvalue weighted by Gasteiger charge is 2.28. The molecule has 19 heavy (non-hydrogen) atoms. The van der Waals surface area contributed by atoms with Crippen molar-refractivity contribution in [2.24, 2.45) is 0 Å². The van der Waals surface area contributed by atoms with Gasteiger partial charge in [0.05, 0.1) is 0 Å². The van der Waals surface area contributed by atoms with Gasteiger partial charge in [0.25, 0.3) is 0 Å². The van der Waals surface area contributed by atoms with Gasteiger partial charge in [-0.1, -0.05) is 13.3 Å². The van der Waals surface area contributed by atoms with Crippen LogP contribution >= 0.6 is 0 Å². The van der Waals surface area contributed by atoms with Gasteiger partial charge in [-0.25, -0.2) is 9.97 Å². The largest absolute Gasteiger partial charge is 0.370 e. The monoisotopic (exact) mass is 262 g/mol. The minimum atomic E-state index is 0.458. The predicted octanol–water partition coefficient (Wildman–Crippen LogP) is 3.69. The molecule has 0 spiro atoms. The summed E-state index contributed by atoms with van der Waals surface area (Å²) < 4.78 is 0. The van der Waals surface area contributed by atoms with E-state index in [1.54, 1.807) is 0 Å². The van der Waals surface area contributed by atoms with Crippen molar-refractivity contribution in [1.29, 1.82) is 0 Å². The van der Waals surface area contributed by atoms with Crippen molar-refractivity contribution in [2.75, 3.05) is 17.2 Å². The summed E-state index contributed by atoms with van der Waals surface area (Å²) in [5, 5.41) is 6.90. The highest BCUT2D eigenvalue weighted by atomic mass is 15.1. The molecule has 2 rings (SSSR count). The van der Waals surface area contributed by atoms with Gasteiger partial charge in [0.1, 0.15) is 17.5 Å². The number of hydrogen-bond acceptors (Lipinski definition) is 4. The van der Waals surface area contributed by atoms with Gasteiger partial charge in [-0.15, -0.1) is 0 Å². The lowest BCUT2D eigenvalue weighted by molar-refractivity contribution is 0.685. The Bertz CT molecular complexity index is 426. The molecule has 1 aromatic heterocycles. The zero-order valence-electron chi connectivity index (χ0n) is 12.6. The molecule has 0 amide bonds. The molecule has 0 bridgehead atoms. The van der Waals surface area contributed by atoms with E-state index in [0.29, 0.717) is 12.0 Å². The van der Waals surface area contributed by atoms with E-state index in [1.807, 2.05) is 0 Å². The molecule has 2 N–H and O–H groups in total. The molecule has 1 unspecified atom stereocenters. The van der Waals surface area contributed by atoms with Crippen LogP contribution in [0.25, 0.3) is 0 Å². The van der Waals surface area contributed by atoms with E-state index in [0.717, 1.165) is 29.6 Å². The quantitative estimate of drug-likeness (QED) is 0.786. The van der Waals surface area contributed by atoms with E-state index in [1.165, 1.54) is 25.7 Å². The van der Waals surface area contributed by atoms with Crippen molar-refractivity contribution in [1.82, 2.24) is 9.97 Å². The van der Waals surface area contributed by atoms with Crippen LogP contribution in [0.1, 0.15) is 63.8 Å². The van der Waals surface area contributed by atoms with Gasteiger partial charge in [0.15, 0.2) is 0 Å². The van der Waals surface area contributed by atoms with E-state index in [9.17, 15) is 0 Å². The van der Waals surface area contributed by atoms with Gasteiger partial charge in [0, 0.05) is 24.1 Å². The molecule has 1 atom stereocenters. The minimum Gasteiger partial charge on any atom is -0.370 e. The van der Waals surface area contributed by atoms with Crippen LogP contribution in [0, 0.1) is 6.92 Å². The van der Waals surface area contributed by atoms with Crippen LogP contribution in [0.3, 0.4) is 0 Å². The molecule has 0 aromatic carbocycles. The van der Waals surface area contributed by atoms with Crippen molar-refractivity contribution in [2.45, 2.75) is 65.3 Å². The summed E-state index contributed by atoms with van der Waals surface area (Å²) in [5.41, 5.74) is 1.13. The Balaban J connectivity index is 2.23. The predicted molar refractivity (Wildman–Crippen MR) is 80.9 cm³/mol. The molecule has 1 aliphatic rings. The van der Waals surface area contributed by atoms with E-state index in [2.05, 4.69) is 43.3 Å². The van der Waals surface area contributed by atoms with Crippen molar-refractivity contribution in [3.05, 3.63) is 11.4 Å². The topological polar surface area (TPSA) is 49.8 Å². The second kappa shape index (κ2) is 6.22.